The average Bonchev–Trinajstić information content (AvgIpc) is 2.66. The molecule has 0 saturated heterocycles. The van der Waals surface area contributed by atoms with Crippen molar-refractivity contribution in [2.24, 2.45) is 0 Å². The van der Waals surface area contributed by atoms with E-state index in [1.807, 2.05) is 0 Å². The van der Waals surface area contributed by atoms with Crippen molar-refractivity contribution in [1.29, 1.82) is 0 Å². The number of amides is 1. The summed E-state index contributed by atoms with van der Waals surface area (Å²) in [4.78, 5) is 11.3. The van der Waals surface area contributed by atoms with E-state index in [1.54, 1.807) is 6.07 Å². The van der Waals surface area contributed by atoms with Crippen molar-refractivity contribution in [1.82, 2.24) is 5.48 Å². The number of nitrogens with zero attached hydrogens (tertiary/aromatic N) is 1. The van der Waals surface area contributed by atoms with Crippen molar-refractivity contribution in [3.63, 3.8) is 0 Å². The number of carbonyl (C=O) groups excluding carboxylic acids is 1. The fraction of sp³-hybridized carbons (Fsp3) is 0.188. The zero-order valence-electron chi connectivity index (χ0n) is 14.2. The second-order valence-corrected chi connectivity index (χ2v) is 7.83. The molecule has 0 aliphatic heterocycles. The summed E-state index contributed by atoms with van der Waals surface area (Å²) in [5.74, 6) is -0.0550. The van der Waals surface area contributed by atoms with Crippen LogP contribution in [0.25, 0.3) is 0 Å². The summed E-state index contributed by atoms with van der Waals surface area (Å²) in [6.07, 6.45) is 0. The van der Waals surface area contributed by atoms with Crippen LogP contribution in [0.5, 0.6) is 11.5 Å². The zero-order valence-corrected chi connectivity index (χ0v) is 16.6. The fourth-order valence-electron chi connectivity index (χ4n) is 2.18. The first-order valence-electron chi connectivity index (χ1n) is 7.21. The normalized spacial score (nSPS) is 11.0. The van der Waals surface area contributed by atoms with E-state index >= 15 is 0 Å². The topological polar surface area (TPSA) is 105 Å². The van der Waals surface area contributed by atoms with Crippen LogP contribution < -0.4 is 19.3 Å². The van der Waals surface area contributed by atoms with Crippen LogP contribution in [0.3, 0.4) is 0 Å². The van der Waals surface area contributed by atoms with Gasteiger partial charge in [0.15, 0.2) is 0 Å². The van der Waals surface area contributed by atoms with Crippen LogP contribution >= 0.6 is 15.9 Å². The maximum atomic E-state index is 13.0. The lowest BCUT2D eigenvalue weighted by atomic mass is 10.2. The number of anilines is 1. The quantitative estimate of drug-likeness (QED) is 0.523. The van der Waals surface area contributed by atoms with Crippen molar-refractivity contribution < 1.29 is 27.9 Å². The summed E-state index contributed by atoms with van der Waals surface area (Å²) in [5, 5.41) is 8.64. The molecule has 2 aromatic rings. The van der Waals surface area contributed by atoms with Crippen LogP contribution in [-0.4, -0.2) is 40.8 Å². The third-order valence-electron chi connectivity index (χ3n) is 3.67. The Kier molecular flexibility index (Phi) is 6.11. The Hall–Kier alpha value is -2.30. The Labute approximate surface area is 159 Å². The fourth-order valence-corrected chi connectivity index (χ4v) is 4.47. The Balaban J connectivity index is 2.48. The molecular weight excluding hydrogens is 428 g/mol. The molecule has 0 aliphatic rings. The summed E-state index contributed by atoms with van der Waals surface area (Å²) >= 11 is 3.25. The Bertz CT molecular complexity index is 915. The van der Waals surface area contributed by atoms with E-state index in [2.05, 4.69) is 15.9 Å². The van der Waals surface area contributed by atoms with Crippen LogP contribution in [-0.2, 0) is 10.0 Å². The molecule has 0 bridgehead atoms. The molecule has 2 N–H and O–H groups in total. The number of nitrogens with one attached hydrogen (secondary N) is 1. The van der Waals surface area contributed by atoms with Gasteiger partial charge in [-0.3, -0.25) is 14.3 Å². The minimum Gasteiger partial charge on any atom is -0.497 e. The van der Waals surface area contributed by atoms with Crippen molar-refractivity contribution in [3.8, 4) is 11.5 Å². The summed E-state index contributed by atoms with van der Waals surface area (Å²) in [7, 11) is 0.279. The average molecular weight is 445 g/mol. The Morgan fingerprint density at radius 2 is 1.77 bits per heavy atom. The third kappa shape index (κ3) is 3.76. The maximum absolute atomic E-state index is 13.0. The minimum absolute atomic E-state index is 0.0339. The summed E-state index contributed by atoms with van der Waals surface area (Å²) in [6.45, 7) is 0. The van der Waals surface area contributed by atoms with Gasteiger partial charge in [0.05, 0.1) is 24.4 Å². The number of methoxy groups -OCH3 is 2. The number of benzene rings is 2. The molecule has 0 spiro atoms. The lowest BCUT2D eigenvalue weighted by molar-refractivity contribution is 0.0706. The van der Waals surface area contributed by atoms with Crippen LogP contribution in [0.1, 0.15) is 10.4 Å². The number of rotatable bonds is 6. The van der Waals surface area contributed by atoms with Crippen molar-refractivity contribution in [2.75, 3.05) is 25.6 Å². The number of hydrogen-bond donors (Lipinski definition) is 2. The van der Waals surface area contributed by atoms with Crippen LogP contribution in [0.15, 0.2) is 45.8 Å². The van der Waals surface area contributed by atoms with E-state index in [0.717, 1.165) is 4.31 Å². The standard InChI is InChI=1S/C16H17BrN2O6S/c1-19(11-6-4-10(5-7-11)16(20)18-21)26(22,23)14-9-12(24-2)8-13(25-3)15(14)17/h4-9,21H,1-3H3,(H,18,20). The van der Waals surface area contributed by atoms with Crippen LogP contribution in [0.4, 0.5) is 5.69 Å². The highest BCUT2D eigenvalue weighted by Crippen LogP contribution is 2.38. The van der Waals surface area contributed by atoms with Gasteiger partial charge in [0.1, 0.15) is 16.4 Å². The molecule has 26 heavy (non-hydrogen) atoms. The zero-order chi connectivity index (χ0) is 19.5. The minimum atomic E-state index is -3.95. The summed E-state index contributed by atoms with van der Waals surface area (Å²) < 4.78 is 37.7. The number of sulfonamides is 1. The van der Waals surface area contributed by atoms with E-state index in [9.17, 15) is 13.2 Å². The molecule has 0 atom stereocenters. The molecule has 2 rings (SSSR count). The van der Waals surface area contributed by atoms with Gasteiger partial charge in [0.2, 0.25) is 0 Å². The SMILES string of the molecule is COc1cc(OC)c(Br)c(S(=O)(=O)N(C)c2ccc(C(=O)NO)cc2)c1. The molecule has 140 valence electrons. The van der Waals surface area contributed by atoms with Gasteiger partial charge >= 0.3 is 0 Å². The van der Waals surface area contributed by atoms with Gasteiger partial charge in [-0.15, -0.1) is 0 Å². The molecule has 8 nitrogen and oxygen atoms in total. The highest BCUT2D eigenvalue weighted by Gasteiger charge is 2.27. The second kappa shape index (κ2) is 7.94. The maximum Gasteiger partial charge on any atom is 0.274 e. The highest BCUT2D eigenvalue weighted by molar-refractivity contribution is 9.10. The van der Waals surface area contributed by atoms with E-state index in [0.29, 0.717) is 17.2 Å². The molecule has 0 unspecified atom stereocenters. The molecule has 0 radical (unpaired) electrons. The molecule has 0 aliphatic carbocycles. The smallest absolute Gasteiger partial charge is 0.274 e. The lowest BCUT2D eigenvalue weighted by Gasteiger charge is -2.21. The van der Waals surface area contributed by atoms with Gasteiger partial charge in [-0.2, -0.15) is 0 Å². The van der Waals surface area contributed by atoms with Gasteiger partial charge in [-0.1, -0.05) is 0 Å². The number of hydrogen-bond acceptors (Lipinski definition) is 6. The van der Waals surface area contributed by atoms with E-state index in [1.165, 1.54) is 57.1 Å². The molecule has 2 aromatic carbocycles. The van der Waals surface area contributed by atoms with Gasteiger partial charge in [0.25, 0.3) is 15.9 Å². The Morgan fingerprint density at radius 1 is 1.15 bits per heavy atom. The molecule has 10 heteroatoms. The van der Waals surface area contributed by atoms with Gasteiger partial charge in [0, 0.05) is 24.7 Å². The lowest BCUT2D eigenvalue weighted by Crippen LogP contribution is -2.27. The molecular formula is C16H17BrN2O6S. The predicted molar refractivity (Wildman–Crippen MR) is 98.5 cm³/mol. The van der Waals surface area contributed by atoms with Gasteiger partial charge < -0.3 is 9.47 Å². The van der Waals surface area contributed by atoms with Crippen molar-refractivity contribution in [3.05, 3.63) is 46.4 Å². The van der Waals surface area contributed by atoms with E-state index in [4.69, 9.17) is 14.7 Å². The Morgan fingerprint density at radius 3 is 2.27 bits per heavy atom. The number of ether oxygens (including phenoxy) is 2. The first kappa shape index (κ1) is 20.0. The predicted octanol–water partition coefficient (Wildman–Crippen LogP) is 2.41. The van der Waals surface area contributed by atoms with Gasteiger partial charge in [-0.25, -0.2) is 13.9 Å². The number of carbonyl (C=O) groups is 1. The first-order chi connectivity index (χ1) is 12.3. The molecule has 0 fully saturated rings. The summed E-state index contributed by atoms with van der Waals surface area (Å²) in [6, 6.07) is 8.64. The van der Waals surface area contributed by atoms with Crippen LogP contribution in [0.2, 0.25) is 0 Å². The number of halogens is 1. The molecule has 0 heterocycles. The molecule has 0 saturated carbocycles. The van der Waals surface area contributed by atoms with Gasteiger partial charge in [-0.05, 0) is 40.2 Å². The highest BCUT2D eigenvalue weighted by atomic mass is 79.9. The van der Waals surface area contributed by atoms with Crippen LogP contribution in [0, 0.1) is 0 Å². The largest absolute Gasteiger partial charge is 0.497 e. The molecule has 0 aromatic heterocycles. The monoisotopic (exact) mass is 444 g/mol. The third-order valence-corrected chi connectivity index (χ3v) is 6.56. The number of hydroxylamine groups is 1. The summed E-state index contributed by atoms with van der Waals surface area (Å²) in [5.41, 5.74) is 2.03. The van der Waals surface area contributed by atoms with E-state index in [-0.39, 0.29) is 14.9 Å². The van der Waals surface area contributed by atoms with Crippen molar-refractivity contribution >= 4 is 37.5 Å². The molecule has 1 amide bonds. The van der Waals surface area contributed by atoms with Crippen molar-refractivity contribution in [2.45, 2.75) is 4.90 Å². The first-order valence-corrected chi connectivity index (χ1v) is 9.44. The second-order valence-electron chi connectivity index (χ2n) is 5.10. The van der Waals surface area contributed by atoms with E-state index < -0.39 is 15.9 Å².